The molecule has 0 N–H and O–H groups in total. The lowest BCUT2D eigenvalue weighted by atomic mass is 10.1. The van der Waals surface area contributed by atoms with E-state index < -0.39 is 0 Å². The molecule has 1 heterocycles. The molecule has 1 atom stereocenters. The van der Waals surface area contributed by atoms with Gasteiger partial charge in [-0.3, -0.25) is 14.2 Å². The molecule has 3 aromatic rings. The largest absolute Gasteiger partial charge is 0.494 e. The molecule has 1 amide bonds. The molecule has 1 unspecified atom stereocenters. The summed E-state index contributed by atoms with van der Waals surface area (Å²) in [6, 6.07) is 14.5. The van der Waals surface area contributed by atoms with E-state index in [1.54, 1.807) is 17.7 Å². The van der Waals surface area contributed by atoms with Crippen LogP contribution >= 0.6 is 0 Å². The molecule has 0 aliphatic rings. The third-order valence-electron chi connectivity index (χ3n) is 6.62. The number of ether oxygens (including phenoxy) is 2. The monoisotopic (exact) mass is 507 g/mol. The van der Waals surface area contributed by atoms with E-state index in [-0.39, 0.29) is 17.5 Å². The van der Waals surface area contributed by atoms with Crippen LogP contribution in [0.25, 0.3) is 16.6 Å². The van der Waals surface area contributed by atoms with Gasteiger partial charge in [0, 0.05) is 20.1 Å². The smallest absolute Gasteiger partial charge is 0.266 e. The number of nitrogens with zero attached hydrogens (tertiary/aromatic N) is 3. The molecule has 0 radical (unpaired) electrons. The standard InChI is InChI=1S/C30H41N3O4/c1-5-8-9-10-11-16-28(34)32(21-22-36-4)27(6-2)29-31-26-15-13-12-14-25(26)30(35)33(29)23-17-19-24(20-18-23)37-7-3/h12-15,17-20,27H,5-11,16,21-22H2,1-4H3. The summed E-state index contributed by atoms with van der Waals surface area (Å²) in [6.45, 7) is 7.57. The van der Waals surface area contributed by atoms with Gasteiger partial charge in [0.1, 0.15) is 11.6 Å². The Hall–Kier alpha value is -3.19. The van der Waals surface area contributed by atoms with E-state index in [0.717, 1.165) is 25.0 Å². The van der Waals surface area contributed by atoms with Gasteiger partial charge in [0.05, 0.1) is 35.8 Å². The van der Waals surface area contributed by atoms with Crippen LogP contribution < -0.4 is 10.3 Å². The Morgan fingerprint density at radius 1 is 1.00 bits per heavy atom. The molecule has 37 heavy (non-hydrogen) atoms. The fourth-order valence-corrected chi connectivity index (χ4v) is 4.69. The summed E-state index contributed by atoms with van der Waals surface area (Å²) in [5, 5.41) is 0.542. The number of carbonyl (C=O) groups is 1. The van der Waals surface area contributed by atoms with Crippen molar-refractivity contribution in [1.29, 1.82) is 0 Å². The molecule has 200 valence electrons. The van der Waals surface area contributed by atoms with E-state index in [0.29, 0.717) is 55.0 Å². The summed E-state index contributed by atoms with van der Waals surface area (Å²) >= 11 is 0. The molecule has 7 heteroatoms. The molecule has 0 fully saturated rings. The van der Waals surface area contributed by atoms with Gasteiger partial charge in [0.25, 0.3) is 5.56 Å². The van der Waals surface area contributed by atoms with Crippen LogP contribution in [-0.2, 0) is 9.53 Å². The Kier molecular flexibility index (Phi) is 11.1. The maximum atomic E-state index is 13.8. The highest BCUT2D eigenvalue weighted by atomic mass is 16.5. The number of benzene rings is 2. The van der Waals surface area contributed by atoms with Crippen molar-refractivity contribution in [3.63, 3.8) is 0 Å². The van der Waals surface area contributed by atoms with Crippen molar-refractivity contribution in [2.45, 2.75) is 71.8 Å². The van der Waals surface area contributed by atoms with Crippen molar-refractivity contribution in [2.75, 3.05) is 26.9 Å². The molecular weight excluding hydrogens is 466 g/mol. The molecule has 0 saturated carbocycles. The van der Waals surface area contributed by atoms with Gasteiger partial charge < -0.3 is 14.4 Å². The summed E-state index contributed by atoms with van der Waals surface area (Å²) in [5.74, 6) is 1.37. The van der Waals surface area contributed by atoms with Gasteiger partial charge in [0.15, 0.2) is 0 Å². The van der Waals surface area contributed by atoms with E-state index in [1.165, 1.54) is 12.8 Å². The highest BCUT2D eigenvalue weighted by molar-refractivity contribution is 5.79. The number of amides is 1. The van der Waals surface area contributed by atoms with E-state index in [2.05, 4.69) is 6.92 Å². The highest BCUT2D eigenvalue weighted by Crippen LogP contribution is 2.27. The predicted octanol–water partition coefficient (Wildman–Crippen LogP) is 6.07. The van der Waals surface area contributed by atoms with Crippen LogP contribution in [0.5, 0.6) is 5.75 Å². The Bertz CT molecular complexity index is 1190. The molecule has 0 aliphatic carbocycles. The van der Waals surface area contributed by atoms with Crippen LogP contribution in [0.15, 0.2) is 53.3 Å². The van der Waals surface area contributed by atoms with Gasteiger partial charge in [0.2, 0.25) is 5.91 Å². The SMILES string of the molecule is CCCCCCCC(=O)N(CCOC)C(CC)c1nc2ccccc2c(=O)n1-c1ccc(OCC)cc1. The zero-order valence-corrected chi connectivity index (χ0v) is 22.7. The number of methoxy groups -OCH3 is 1. The number of para-hydroxylation sites is 1. The number of fused-ring (bicyclic) bond motifs is 1. The van der Waals surface area contributed by atoms with Crippen molar-refractivity contribution in [3.05, 3.63) is 64.7 Å². The van der Waals surface area contributed by atoms with Crippen LogP contribution in [0, 0.1) is 0 Å². The van der Waals surface area contributed by atoms with Gasteiger partial charge in [-0.05, 0) is 56.2 Å². The topological polar surface area (TPSA) is 73.7 Å². The van der Waals surface area contributed by atoms with E-state index in [1.807, 2.05) is 61.2 Å². The summed E-state index contributed by atoms with van der Waals surface area (Å²) in [5.41, 5.74) is 1.17. The van der Waals surface area contributed by atoms with Gasteiger partial charge in [-0.15, -0.1) is 0 Å². The van der Waals surface area contributed by atoms with E-state index in [9.17, 15) is 9.59 Å². The van der Waals surface area contributed by atoms with E-state index >= 15 is 0 Å². The summed E-state index contributed by atoms with van der Waals surface area (Å²) in [7, 11) is 1.64. The number of hydrogen-bond acceptors (Lipinski definition) is 5. The summed E-state index contributed by atoms with van der Waals surface area (Å²) in [6.07, 6.45) is 6.49. The number of aromatic nitrogens is 2. The molecule has 2 aromatic carbocycles. The van der Waals surface area contributed by atoms with Crippen LogP contribution in [0.1, 0.15) is 77.6 Å². The number of carbonyl (C=O) groups excluding carboxylic acids is 1. The number of rotatable bonds is 15. The molecule has 0 spiro atoms. The minimum absolute atomic E-state index is 0.0704. The summed E-state index contributed by atoms with van der Waals surface area (Å²) < 4.78 is 12.6. The molecule has 1 aromatic heterocycles. The minimum atomic E-state index is -0.373. The Morgan fingerprint density at radius 3 is 2.41 bits per heavy atom. The average molecular weight is 508 g/mol. The molecule has 7 nitrogen and oxygen atoms in total. The Labute approximate surface area is 220 Å². The van der Waals surface area contributed by atoms with Crippen molar-refractivity contribution >= 4 is 16.8 Å². The molecule has 0 bridgehead atoms. The van der Waals surface area contributed by atoms with Gasteiger partial charge in [-0.2, -0.15) is 0 Å². The number of hydrogen-bond donors (Lipinski definition) is 0. The highest BCUT2D eigenvalue weighted by Gasteiger charge is 2.28. The van der Waals surface area contributed by atoms with E-state index in [4.69, 9.17) is 14.5 Å². The number of unbranched alkanes of at least 4 members (excludes halogenated alkanes) is 4. The van der Waals surface area contributed by atoms with Crippen molar-refractivity contribution in [1.82, 2.24) is 14.5 Å². The minimum Gasteiger partial charge on any atom is -0.494 e. The lowest BCUT2D eigenvalue weighted by Crippen LogP contribution is -2.40. The van der Waals surface area contributed by atoms with Crippen LogP contribution in [-0.4, -0.2) is 47.2 Å². The maximum Gasteiger partial charge on any atom is 0.266 e. The quantitative estimate of drug-likeness (QED) is 0.233. The zero-order valence-electron chi connectivity index (χ0n) is 22.7. The fourth-order valence-electron chi connectivity index (χ4n) is 4.69. The molecule has 0 saturated heterocycles. The second kappa shape index (κ2) is 14.5. The van der Waals surface area contributed by atoms with Crippen molar-refractivity contribution in [3.8, 4) is 11.4 Å². The third kappa shape index (κ3) is 7.19. The molecule has 0 aliphatic heterocycles. The lowest BCUT2D eigenvalue weighted by molar-refractivity contribution is -0.135. The van der Waals surface area contributed by atoms with Crippen LogP contribution in [0.2, 0.25) is 0 Å². The lowest BCUT2D eigenvalue weighted by Gasteiger charge is -2.32. The first-order valence-electron chi connectivity index (χ1n) is 13.6. The van der Waals surface area contributed by atoms with Crippen molar-refractivity contribution in [2.24, 2.45) is 0 Å². The Morgan fingerprint density at radius 2 is 1.73 bits per heavy atom. The zero-order chi connectivity index (χ0) is 26.6. The Balaban J connectivity index is 2.07. The van der Waals surface area contributed by atoms with Crippen molar-refractivity contribution < 1.29 is 14.3 Å². The van der Waals surface area contributed by atoms with Gasteiger partial charge in [-0.25, -0.2) is 4.98 Å². The van der Waals surface area contributed by atoms with Crippen LogP contribution in [0.3, 0.4) is 0 Å². The average Bonchev–Trinajstić information content (AvgIpc) is 2.91. The first-order chi connectivity index (χ1) is 18.0. The third-order valence-corrected chi connectivity index (χ3v) is 6.62. The fraction of sp³-hybridized carbons (Fsp3) is 0.500. The molecular formula is C30H41N3O4. The first kappa shape index (κ1) is 28.4. The maximum absolute atomic E-state index is 13.8. The molecule has 3 rings (SSSR count). The second-order valence-electron chi connectivity index (χ2n) is 9.22. The normalized spacial score (nSPS) is 12.0. The second-order valence-corrected chi connectivity index (χ2v) is 9.22. The summed E-state index contributed by atoms with van der Waals surface area (Å²) in [4.78, 5) is 34.2. The van der Waals surface area contributed by atoms with Gasteiger partial charge >= 0.3 is 0 Å². The van der Waals surface area contributed by atoms with Gasteiger partial charge in [-0.1, -0.05) is 51.7 Å². The van der Waals surface area contributed by atoms with Crippen LogP contribution in [0.4, 0.5) is 0 Å². The predicted molar refractivity (Wildman–Crippen MR) is 149 cm³/mol. The first-order valence-corrected chi connectivity index (χ1v) is 13.6.